The molecule has 1 N–H and O–H groups in total. The molecule has 0 aromatic carbocycles. The van der Waals surface area contributed by atoms with E-state index in [1.165, 1.54) is 0 Å². The van der Waals surface area contributed by atoms with Gasteiger partial charge in [0.25, 0.3) is 5.91 Å². The number of nitrogens with one attached hydrogen (secondary N) is 1. The molecule has 0 saturated heterocycles. The van der Waals surface area contributed by atoms with Crippen LogP contribution >= 0.6 is 15.9 Å². The Morgan fingerprint density at radius 3 is 2.83 bits per heavy atom. The van der Waals surface area contributed by atoms with Crippen molar-refractivity contribution in [3.8, 4) is 0 Å². The third-order valence-electron chi connectivity index (χ3n) is 2.51. The first-order valence-electron chi connectivity index (χ1n) is 5.75. The van der Waals surface area contributed by atoms with Gasteiger partial charge in [0.05, 0.1) is 5.56 Å². The van der Waals surface area contributed by atoms with E-state index in [9.17, 15) is 4.79 Å². The number of hydrogen-bond donors (Lipinski definition) is 1. The Morgan fingerprint density at radius 1 is 1.33 bits per heavy atom. The minimum absolute atomic E-state index is 0.0868. The number of aromatic nitrogens is 2. The summed E-state index contributed by atoms with van der Waals surface area (Å²) in [4.78, 5) is 15.7. The summed E-state index contributed by atoms with van der Waals surface area (Å²) in [6.07, 6.45) is 8.15. The van der Waals surface area contributed by atoms with Crippen molar-refractivity contribution in [1.29, 1.82) is 0 Å². The normalized spacial score (nSPS) is 10.3. The fourth-order valence-electron chi connectivity index (χ4n) is 1.62. The lowest BCUT2D eigenvalue weighted by Gasteiger charge is -2.06. The van der Waals surface area contributed by atoms with Crippen molar-refractivity contribution in [1.82, 2.24) is 14.9 Å². The van der Waals surface area contributed by atoms with Crippen LogP contribution in [0.3, 0.4) is 0 Å². The van der Waals surface area contributed by atoms with Gasteiger partial charge in [-0.3, -0.25) is 9.78 Å². The minimum Gasteiger partial charge on any atom is -0.354 e. The average Bonchev–Trinajstić information content (AvgIpc) is 2.87. The van der Waals surface area contributed by atoms with E-state index in [0.717, 1.165) is 17.4 Å². The van der Waals surface area contributed by atoms with E-state index >= 15 is 0 Å². The fraction of sp³-hybridized carbons (Fsp3) is 0.231. The number of aryl methyl sites for hydroxylation is 1. The smallest absolute Gasteiger partial charge is 0.252 e. The van der Waals surface area contributed by atoms with Crippen LogP contribution in [0, 0.1) is 0 Å². The minimum atomic E-state index is -0.0868. The molecule has 18 heavy (non-hydrogen) atoms. The maximum Gasteiger partial charge on any atom is 0.252 e. The lowest BCUT2D eigenvalue weighted by molar-refractivity contribution is 0.0952. The molecule has 0 bridgehead atoms. The van der Waals surface area contributed by atoms with Crippen LogP contribution in [0.5, 0.6) is 0 Å². The highest BCUT2D eigenvalue weighted by Gasteiger charge is 2.05. The Hall–Kier alpha value is -1.62. The van der Waals surface area contributed by atoms with Gasteiger partial charge >= 0.3 is 0 Å². The SMILES string of the molecule is O=C(NCCCn1cccc1)c1cncc(Br)c1. The summed E-state index contributed by atoms with van der Waals surface area (Å²) in [5.74, 6) is -0.0868. The molecule has 0 atom stereocenters. The Kier molecular flexibility index (Phi) is 4.52. The number of rotatable bonds is 5. The van der Waals surface area contributed by atoms with Gasteiger partial charge in [0.2, 0.25) is 0 Å². The summed E-state index contributed by atoms with van der Waals surface area (Å²) in [6, 6.07) is 5.74. The lowest BCUT2D eigenvalue weighted by atomic mass is 10.2. The zero-order chi connectivity index (χ0) is 12.8. The zero-order valence-electron chi connectivity index (χ0n) is 9.84. The number of carbonyl (C=O) groups is 1. The van der Waals surface area contributed by atoms with Gasteiger partial charge in [0.15, 0.2) is 0 Å². The second-order valence-corrected chi connectivity index (χ2v) is 4.84. The number of halogens is 1. The van der Waals surface area contributed by atoms with E-state index in [-0.39, 0.29) is 5.91 Å². The molecule has 0 radical (unpaired) electrons. The summed E-state index contributed by atoms with van der Waals surface area (Å²) < 4.78 is 2.90. The maximum absolute atomic E-state index is 11.8. The van der Waals surface area contributed by atoms with E-state index in [0.29, 0.717) is 12.1 Å². The summed E-state index contributed by atoms with van der Waals surface area (Å²) in [5.41, 5.74) is 0.574. The highest BCUT2D eigenvalue weighted by Crippen LogP contribution is 2.09. The molecule has 0 fully saturated rings. The molecular weight excluding hydrogens is 294 g/mol. The van der Waals surface area contributed by atoms with E-state index < -0.39 is 0 Å². The topological polar surface area (TPSA) is 46.9 Å². The molecule has 0 unspecified atom stereocenters. The maximum atomic E-state index is 11.8. The molecule has 5 heteroatoms. The van der Waals surface area contributed by atoms with Crippen LogP contribution in [0.4, 0.5) is 0 Å². The van der Waals surface area contributed by atoms with Crippen molar-refractivity contribution in [3.63, 3.8) is 0 Å². The molecule has 4 nitrogen and oxygen atoms in total. The molecule has 94 valence electrons. The Morgan fingerprint density at radius 2 is 2.11 bits per heavy atom. The van der Waals surface area contributed by atoms with E-state index in [1.54, 1.807) is 18.5 Å². The van der Waals surface area contributed by atoms with Crippen LogP contribution < -0.4 is 5.32 Å². The van der Waals surface area contributed by atoms with Crippen molar-refractivity contribution >= 4 is 21.8 Å². The number of pyridine rings is 1. The van der Waals surface area contributed by atoms with Crippen LogP contribution in [-0.4, -0.2) is 22.0 Å². The van der Waals surface area contributed by atoms with Crippen LogP contribution in [0.1, 0.15) is 16.8 Å². The van der Waals surface area contributed by atoms with Gasteiger partial charge in [-0.15, -0.1) is 0 Å². The lowest BCUT2D eigenvalue weighted by Crippen LogP contribution is -2.25. The fourth-order valence-corrected chi connectivity index (χ4v) is 1.99. The first kappa shape index (κ1) is 12.8. The summed E-state index contributed by atoms with van der Waals surface area (Å²) >= 11 is 3.29. The van der Waals surface area contributed by atoms with Crippen LogP contribution in [0.25, 0.3) is 0 Å². The molecule has 0 aliphatic carbocycles. The molecule has 2 aromatic rings. The van der Waals surface area contributed by atoms with Crippen molar-refractivity contribution in [2.24, 2.45) is 0 Å². The van der Waals surface area contributed by atoms with Crippen molar-refractivity contribution in [3.05, 3.63) is 53.0 Å². The molecule has 0 aliphatic rings. The number of carbonyl (C=O) groups excluding carboxylic acids is 1. The molecule has 0 spiro atoms. The van der Waals surface area contributed by atoms with Crippen LogP contribution in [0.15, 0.2) is 47.5 Å². The van der Waals surface area contributed by atoms with Crippen molar-refractivity contribution in [2.45, 2.75) is 13.0 Å². The van der Waals surface area contributed by atoms with Gasteiger partial charge < -0.3 is 9.88 Å². The zero-order valence-corrected chi connectivity index (χ0v) is 11.4. The highest BCUT2D eigenvalue weighted by molar-refractivity contribution is 9.10. The summed E-state index contributed by atoms with van der Waals surface area (Å²) in [6.45, 7) is 1.56. The molecule has 1 amide bonds. The number of amides is 1. The Labute approximate surface area is 114 Å². The summed E-state index contributed by atoms with van der Waals surface area (Å²) in [7, 11) is 0. The largest absolute Gasteiger partial charge is 0.354 e. The van der Waals surface area contributed by atoms with E-state index in [2.05, 4.69) is 30.8 Å². The van der Waals surface area contributed by atoms with Crippen LogP contribution in [-0.2, 0) is 6.54 Å². The number of nitrogens with zero attached hydrogens (tertiary/aromatic N) is 2. The standard InChI is InChI=1S/C13H14BrN3O/c14-12-8-11(9-15-10-12)13(18)16-4-3-7-17-5-1-2-6-17/h1-2,5-6,8-10H,3-4,7H2,(H,16,18). The third kappa shape index (κ3) is 3.70. The van der Waals surface area contributed by atoms with Crippen LogP contribution in [0.2, 0.25) is 0 Å². The Balaban J connectivity index is 1.75. The van der Waals surface area contributed by atoms with Gasteiger partial charge in [-0.1, -0.05) is 0 Å². The van der Waals surface area contributed by atoms with Crippen molar-refractivity contribution in [2.75, 3.05) is 6.54 Å². The van der Waals surface area contributed by atoms with Gasteiger partial charge in [-0.05, 0) is 40.5 Å². The molecule has 2 rings (SSSR count). The Bertz CT molecular complexity index is 511. The highest BCUT2D eigenvalue weighted by atomic mass is 79.9. The number of hydrogen-bond acceptors (Lipinski definition) is 2. The average molecular weight is 308 g/mol. The summed E-state index contributed by atoms with van der Waals surface area (Å²) in [5, 5.41) is 2.88. The molecule has 0 saturated carbocycles. The predicted molar refractivity (Wildman–Crippen MR) is 73.3 cm³/mol. The van der Waals surface area contributed by atoms with Gasteiger partial charge in [0, 0.05) is 42.3 Å². The third-order valence-corrected chi connectivity index (χ3v) is 2.95. The second-order valence-electron chi connectivity index (χ2n) is 3.92. The van der Waals surface area contributed by atoms with Gasteiger partial charge in [-0.2, -0.15) is 0 Å². The van der Waals surface area contributed by atoms with E-state index in [4.69, 9.17) is 0 Å². The van der Waals surface area contributed by atoms with E-state index in [1.807, 2.05) is 24.5 Å². The van der Waals surface area contributed by atoms with Gasteiger partial charge in [-0.25, -0.2) is 0 Å². The second kappa shape index (κ2) is 6.35. The molecule has 2 aromatic heterocycles. The molecule has 2 heterocycles. The molecule has 0 aliphatic heterocycles. The monoisotopic (exact) mass is 307 g/mol. The first-order chi connectivity index (χ1) is 8.75. The quantitative estimate of drug-likeness (QED) is 0.863. The predicted octanol–water partition coefficient (Wildman–Crippen LogP) is 2.47. The van der Waals surface area contributed by atoms with Crippen molar-refractivity contribution < 1.29 is 4.79 Å². The van der Waals surface area contributed by atoms with Gasteiger partial charge in [0.1, 0.15) is 0 Å². The molecular formula is C13H14BrN3O. The first-order valence-corrected chi connectivity index (χ1v) is 6.54.